The Bertz CT molecular complexity index is 787. The molecule has 0 aliphatic carbocycles. The van der Waals surface area contributed by atoms with Gasteiger partial charge in [0.25, 0.3) is 0 Å². The molecule has 0 bridgehead atoms. The van der Waals surface area contributed by atoms with E-state index in [2.05, 4.69) is 17.0 Å². The fourth-order valence-corrected chi connectivity index (χ4v) is 3.76. The largest absolute Gasteiger partial charge is 0.486 e. The van der Waals surface area contributed by atoms with Gasteiger partial charge in [-0.25, -0.2) is 4.79 Å². The van der Waals surface area contributed by atoms with Gasteiger partial charge in [-0.3, -0.25) is 4.90 Å². The van der Waals surface area contributed by atoms with Crippen LogP contribution in [0.4, 0.5) is 0 Å². The van der Waals surface area contributed by atoms with Crippen molar-refractivity contribution in [2.45, 2.75) is 25.4 Å². The summed E-state index contributed by atoms with van der Waals surface area (Å²) >= 11 is 0. The average Bonchev–Trinajstić information content (AvgIpc) is 3.15. The van der Waals surface area contributed by atoms with Crippen molar-refractivity contribution in [3.63, 3.8) is 0 Å². The molecule has 0 N–H and O–H groups in total. The molecule has 0 aromatic heterocycles. The number of benzene rings is 2. The van der Waals surface area contributed by atoms with Crippen LogP contribution in [0.5, 0.6) is 11.5 Å². The maximum atomic E-state index is 11.6. The van der Waals surface area contributed by atoms with Crippen molar-refractivity contribution in [1.29, 1.82) is 0 Å². The number of esters is 1. The molecule has 5 heteroatoms. The van der Waals surface area contributed by atoms with E-state index in [4.69, 9.17) is 14.2 Å². The van der Waals surface area contributed by atoms with Crippen LogP contribution in [-0.2, 0) is 11.3 Å². The van der Waals surface area contributed by atoms with Crippen LogP contribution in [0, 0.1) is 0 Å². The monoisotopic (exact) mass is 353 g/mol. The maximum Gasteiger partial charge on any atom is 0.337 e. The van der Waals surface area contributed by atoms with Crippen molar-refractivity contribution in [1.82, 2.24) is 4.90 Å². The highest BCUT2D eigenvalue weighted by atomic mass is 16.6. The number of methoxy groups -OCH3 is 1. The number of carbonyl (C=O) groups excluding carboxylic acids is 1. The van der Waals surface area contributed by atoms with E-state index in [1.54, 1.807) is 0 Å². The Balaban J connectivity index is 1.49. The second kappa shape index (κ2) is 7.38. The SMILES string of the molecule is COC(=O)c1ccc(CN2CCCC2c2ccc3c(c2)OCCO3)cc1. The highest BCUT2D eigenvalue weighted by Gasteiger charge is 2.27. The van der Waals surface area contributed by atoms with Gasteiger partial charge in [-0.2, -0.15) is 0 Å². The highest BCUT2D eigenvalue weighted by Crippen LogP contribution is 2.38. The van der Waals surface area contributed by atoms with Crippen molar-refractivity contribution in [2.75, 3.05) is 26.9 Å². The molecule has 2 aliphatic rings. The van der Waals surface area contributed by atoms with Gasteiger partial charge in [-0.05, 0) is 54.8 Å². The van der Waals surface area contributed by atoms with Crippen LogP contribution in [0.3, 0.4) is 0 Å². The second-order valence-corrected chi connectivity index (χ2v) is 6.72. The number of ether oxygens (including phenoxy) is 3. The van der Waals surface area contributed by atoms with Crippen LogP contribution in [0.1, 0.15) is 40.4 Å². The molecule has 4 rings (SSSR count). The molecule has 1 unspecified atom stereocenters. The van der Waals surface area contributed by atoms with Crippen molar-refractivity contribution < 1.29 is 19.0 Å². The summed E-state index contributed by atoms with van der Waals surface area (Å²) in [6, 6.07) is 14.3. The number of nitrogens with zero attached hydrogens (tertiary/aromatic N) is 1. The fourth-order valence-electron chi connectivity index (χ4n) is 3.76. The molecule has 2 aromatic rings. The predicted octanol–water partition coefficient (Wildman–Crippen LogP) is 3.58. The Labute approximate surface area is 153 Å². The molecule has 2 heterocycles. The van der Waals surface area contributed by atoms with Crippen molar-refractivity contribution >= 4 is 5.97 Å². The zero-order valence-corrected chi connectivity index (χ0v) is 14.9. The van der Waals surface area contributed by atoms with E-state index in [0.717, 1.165) is 31.0 Å². The summed E-state index contributed by atoms with van der Waals surface area (Å²) in [6.07, 6.45) is 2.32. The number of hydrogen-bond donors (Lipinski definition) is 0. The zero-order chi connectivity index (χ0) is 17.9. The molecular weight excluding hydrogens is 330 g/mol. The van der Waals surface area contributed by atoms with Crippen LogP contribution in [0.2, 0.25) is 0 Å². The summed E-state index contributed by atoms with van der Waals surface area (Å²) in [6.45, 7) is 3.15. The predicted molar refractivity (Wildman–Crippen MR) is 97.6 cm³/mol. The van der Waals surface area contributed by atoms with E-state index in [-0.39, 0.29) is 5.97 Å². The van der Waals surface area contributed by atoms with Crippen molar-refractivity contribution in [3.8, 4) is 11.5 Å². The first-order valence-corrected chi connectivity index (χ1v) is 9.05. The van der Waals surface area contributed by atoms with Crippen LogP contribution in [0.15, 0.2) is 42.5 Å². The van der Waals surface area contributed by atoms with E-state index < -0.39 is 0 Å². The highest BCUT2D eigenvalue weighted by molar-refractivity contribution is 5.89. The summed E-state index contributed by atoms with van der Waals surface area (Å²) in [5, 5.41) is 0. The Morgan fingerprint density at radius 1 is 1.12 bits per heavy atom. The van der Waals surface area contributed by atoms with Crippen LogP contribution < -0.4 is 9.47 Å². The lowest BCUT2D eigenvalue weighted by atomic mass is 10.0. The number of rotatable bonds is 4. The third kappa shape index (κ3) is 3.40. The van der Waals surface area contributed by atoms with E-state index in [0.29, 0.717) is 24.8 Å². The first-order valence-electron chi connectivity index (χ1n) is 9.05. The molecule has 5 nitrogen and oxygen atoms in total. The molecule has 1 saturated heterocycles. The Hall–Kier alpha value is -2.53. The lowest BCUT2D eigenvalue weighted by Crippen LogP contribution is -2.23. The third-order valence-electron chi connectivity index (χ3n) is 5.08. The lowest BCUT2D eigenvalue weighted by molar-refractivity contribution is 0.0600. The molecule has 2 aromatic carbocycles. The smallest absolute Gasteiger partial charge is 0.337 e. The van der Waals surface area contributed by atoms with Crippen molar-refractivity contribution in [3.05, 3.63) is 59.2 Å². The maximum absolute atomic E-state index is 11.6. The molecule has 0 saturated carbocycles. The molecule has 26 heavy (non-hydrogen) atoms. The standard InChI is InChI=1S/C21H23NO4/c1-24-21(23)16-6-4-15(5-7-16)14-22-10-2-3-18(22)17-8-9-19-20(13-17)26-12-11-25-19/h4-9,13,18H,2-3,10-12,14H2,1H3. The van der Waals surface area contributed by atoms with Gasteiger partial charge in [-0.1, -0.05) is 18.2 Å². The quantitative estimate of drug-likeness (QED) is 0.786. The summed E-state index contributed by atoms with van der Waals surface area (Å²) in [5.74, 6) is 1.39. The number of carbonyl (C=O) groups is 1. The Morgan fingerprint density at radius 2 is 1.88 bits per heavy atom. The summed E-state index contributed by atoms with van der Waals surface area (Å²) in [7, 11) is 1.40. The molecule has 1 fully saturated rings. The van der Waals surface area contributed by atoms with Crippen LogP contribution in [-0.4, -0.2) is 37.7 Å². The summed E-state index contributed by atoms with van der Waals surface area (Å²) in [4.78, 5) is 14.1. The lowest BCUT2D eigenvalue weighted by Gasteiger charge is -2.26. The summed E-state index contributed by atoms with van der Waals surface area (Å²) in [5.41, 5.74) is 3.06. The van der Waals surface area contributed by atoms with Crippen LogP contribution in [0.25, 0.3) is 0 Å². The molecule has 1 atom stereocenters. The van der Waals surface area contributed by atoms with E-state index >= 15 is 0 Å². The molecule has 136 valence electrons. The minimum Gasteiger partial charge on any atom is -0.486 e. The number of fused-ring (bicyclic) bond motifs is 1. The van der Waals surface area contributed by atoms with Gasteiger partial charge in [-0.15, -0.1) is 0 Å². The average molecular weight is 353 g/mol. The Morgan fingerprint density at radius 3 is 2.65 bits per heavy atom. The Kier molecular flexibility index (Phi) is 4.80. The van der Waals surface area contributed by atoms with Gasteiger partial charge in [0.05, 0.1) is 12.7 Å². The molecule has 0 radical (unpaired) electrons. The first kappa shape index (κ1) is 16.9. The van der Waals surface area contributed by atoms with Gasteiger partial charge in [0.1, 0.15) is 13.2 Å². The molecule has 0 spiro atoms. The van der Waals surface area contributed by atoms with E-state index in [9.17, 15) is 4.79 Å². The van der Waals surface area contributed by atoms with Gasteiger partial charge in [0.15, 0.2) is 11.5 Å². The van der Waals surface area contributed by atoms with Gasteiger partial charge < -0.3 is 14.2 Å². The van der Waals surface area contributed by atoms with Crippen molar-refractivity contribution in [2.24, 2.45) is 0 Å². The normalized spacial score (nSPS) is 19.3. The van der Waals surface area contributed by atoms with Gasteiger partial charge in [0, 0.05) is 12.6 Å². The van der Waals surface area contributed by atoms with E-state index in [1.807, 2.05) is 30.3 Å². The van der Waals surface area contributed by atoms with E-state index in [1.165, 1.54) is 24.7 Å². The molecule has 2 aliphatic heterocycles. The van der Waals surface area contributed by atoms with Crippen LogP contribution >= 0.6 is 0 Å². The topological polar surface area (TPSA) is 48.0 Å². The zero-order valence-electron chi connectivity index (χ0n) is 14.9. The minimum atomic E-state index is -0.299. The number of likely N-dealkylation sites (tertiary alicyclic amines) is 1. The van der Waals surface area contributed by atoms with Gasteiger partial charge >= 0.3 is 5.97 Å². The first-order chi connectivity index (χ1) is 12.7. The number of hydrogen-bond acceptors (Lipinski definition) is 5. The minimum absolute atomic E-state index is 0.299. The fraction of sp³-hybridized carbons (Fsp3) is 0.381. The summed E-state index contributed by atoms with van der Waals surface area (Å²) < 4.78 is 16.1. The molecular formula is C21H23NO4. The second-order valence-electron chi connectivity index (χ2n) is 6.72. The molecule has 0 amide bonds. The van der Waals surface area contributed by atoms with Gasteiger partial charge in [0.2, 0.25) is 0 Å². The third-order valence-corrected chi connectivity index (χ3v) is 5.08.